The Balaban J connectivity index is 1.42. The number of carboxylic acids is 1. The molecule has 2 aromatic carbocycles. The summed E-state index contributed by atoms with van der Waals surface area (Å²) in [6, 6.07) is 17.1. The van der Waals surface area contributed by atoms with Gasteiger partial charge in [0.25, 0.3) is 0 Å². The van der Waals surface area contributed by atoms with Crippen LogP contribution in [0.5, 0.6) is 5.75 Å². The fourth-order valence-corrected chi connectivity index (χ4v) is 4.87. The number of aromatic nitrogens is 1. The Morgan fingerprint density at radius 2 is 1.55 bits per heavy atom. The fourth-order valence-electron chi connectivity index (χ4n) is 4.87. The minimum Gasteiger partial charge on any atom is -0.489 e. The highest BCUT2D eigenvalue weighted by molar-refractivity contribution is 5.97. The van der Waals surface area contributed by atoms with E-state index in [4.69, 9.17) is 15.6 Å². The van der Waals surface area contributed by atoms with E-state index < -0.39 is 12.0 Å². The number of rotatable bonds is 12. The van der Waals surface area contributed by atoms with E-state index in [-0.39, 0.29) is 24.2 Å². The summed E-state index contributed by atoms with van der Waals surface area (Å²) in [5.74, 6) is -0.376. The molecule has 210 valence electrons. The van der Waals surface area contributed by atoms with Crippen molar-refractivity contribution in [1.29, 1.82) is 0 Å². The first kappa shape index (κ1) is 28.8. The first-order valence-electron chi connectivity index (χ1n) is 13.6. The third-order valence-corrected chi connectivity index (χ3v) is 7.28. The minimum atomic E-state index is -0.922. The molecule has 5 N–H and O–H groups in total. The predicted molar refractivity (Wildman–Crippen MR) is 152 cm³/mol. The van der Waals surface area contributed by atoms with E-state index in [9.17, 15) is 14.4 Å². The standard InChI is InChI=1S/C31H36N4O5/c32-19-23-1-7-25(8-2-23)30(38)35-28(31(39)34-26-9-3-22(4-10-26)18-29(36)37)17-21-5-11-27(12-6-21)40-20-24-13-15-33-16-14-24/h3-6,9-16,23,25,28H,1-2,7-8,17-20,32H2,(H,34,39)(H,35,38)(H,36,37)/t23?,25?,28-/m0/s1. The van der Waals surface area contributed by atoms with Crippen LogP contribution in [0.15, 0.2) is 73.1 Å². The Kier molecular flexibility index (Phi) is 10.2. The Morgan fingerprint density at radius 3 is 2.17 bits per heavy atom. The lowest BCUT2D eigenvalue weighted by atomic mass is 9.81. The van der Waals surface area contributed by atoms with E-state index in [0.717, 1.165) is 36.8 Å². The van der Waals surface area contributed by atoms with Crippen molar-refractivity contribution in [2.75, 3.05) is 11.9 Å². The van der Waals surface area contributed by atoms with Gasteiger partial charge in [0.05, 0.1) is 6.42 Å². The lowest BCUT2D eigenvalue weighted by molar-refractivity contribution is -0.136. The van der Waals surface area contributed by atoms with Crippen LogP contribution in [0.1, 0.15) is 42.4 Å². The number of carbonyl (C=O) groups excluding carboxylic acids is 2. The number of nitrogens with zero attached hydrogens (tertiary/aromatic N) is 1. The van der Waals surface area contributed by atoms with Crippen molar-refractivity contribution >= 4 is 23.5 Å². The van der Waals surface area contributed by atoms with E-state index in [0.29, 0.717) is 42.5 Å². The average molecular weight is 545 g/mol. The SMILES string of the molecule is NCC1CCC(C(=O)N[C@@H](Cc2ccc(OCc3ccncc3)cc2)C(=O)Nc2ccc(CC(=O)O)cc2)CC1. The monoisotopic (exact) mass is 544 g/mol. The second kappa shape index (κ2) is 14.2. The molecule has 3 aromatic rings. The average Bonchev–Trinajstić information content (AvgIpc) is 2.97. The molecule has 9 nitrogen and oxygen atoms in total. The number of hydrogen-bond donors (Lipinski definition) is 4. The zero-order valence-electron chi connectivity index (χ0n) is 22.4. The van der Waals surface area contributed by atoms with E-state index >= 15 is 0 Å². The number of carbonyl (C=O) groups is 3. The zero-order valence-corrected chi connectivity index (χ0v) is 22.4. The maximum absolute atomic E-state index is 13.4. The lowest BCUT2D eigenvalue weighted by Crippen LogP contribution is -2.48. The van der Waals surface area contributed by atoms with Crippen LogP contribution in [-0.4, -0.2) is 40.5 Å². The maximum Gasteiger partial charge on any atom is 0.307 e. The van der Waals surface area contributed by atoms with Crippen molar-refractivity contribution in [3.05, 3.63) is 89.7 Å². The van der Waals surface area contributed by atoms with Crippen molar-refractivity contribution in [1.82, 2.24) is 10.3 Å². The van der Waals surface area contributed by atoms with Gasteiger partial charge in [-0.05, 0) is 91.2 Å². The quantitative estimate of drug-likeness (QED) is 0.272. The summed E-state index contributed by atoms with van der Waals surface area (Å²) in [7, 11) is 0. The summed E-state index contributed by atoms with van der Waals surface area (Å²) in [5.41, 5.74) is 8.85. The van der Waals surface area contributed by atoms with E-state index in [1.54, 1.807) is 36.7 Å². The Labute approximate surface area is 234 Å². The molecule has 40 heavy (non-hydrogen) atoms. The summed E-state index contributed by atoms with van der Waals surface area (Å²) >= 11 is 0. The van der Waals surface area contributed by atoms with Crippen LogP contribution in [-0.2, 0) is 33.8 Å². The Morgan fingerprint density at radius 1 is 0.900 bits per heavy atom. The number of aliphatic carboxylic acids is 1. The highest BCUT2D eigenvalue weighted by Crippen LogP contribution is 2.28. The molecule has 4 rings (SSSR count). The number of nitrogens with one attached hydrogen (secondary N) is 2. The van der Waals surface area contributed by atoms with Crippen molar-refractivity contribution in [3.8, 4) is 5.75 Å². The van der Waals surface area contributed by atoms with Crippen molar-refractivity contribution in [2.24, 2.45) is 17.6 Å². The van der Waals surface area contributed by atoms with Gasteiger partial charge < -0.3 is 26.2 Å². The molecule has 0 aliphatic heterocycles. The topological polar surface area (TPSA) is 144 Å². The van der Waals surface area contributed by atoms with Gasteiger partial charge in [-0.3, -0.25) is 19.4 Å². The third-order valence-electron chi connectivity index (χ3n) is 7.28. The number of pyridine rings is 1. The van der Waals surface area contributed by atoms with Crippen LogP contribution in [0, 0.1) is 11.8 Å². The first-order chi connectivity index (χ1) is 19.4. The molecule has 1 aliphatic carbocycles. The zero-order chi connectivity index (χ0) is 28.3. The van der Waals surface area contributed by atoms with Crippen LogP contribution < -0.4 is 21.1 Å². The highest BCUT2D eigenvalue weighted by Gasteiger charge is 2.29. The molecule has 1 aliphatic rings. The second-order valence-corrected chi connectivity index (χ2v) is 10.3. The number of hydrogen-bond acceptors (Lipinski definition) is 6. The smallest absolute Gasteiger partial charge is 0.307 e. The largest absolute Gasteiger partial charge is 0.489 e. The van der Waals surface area contributed by atoms with Crippen LogP contribution >= 0.6 is 0 Å². The highest BCUT2D eigenvalue weighted by atomic mass is 16.5. The van der Waals surface area contributed by atoms with Gasteiger partial charge in [-0.25, -0.2) is 0 Å². The Bertz CT molecular complexity index is 1260. The molecule has 1 heterocycles. The molecule has 0 radical (unpaired) electrons. The molecule has 1 atom stereocenters. The van der Waals surface area contributed by atoms with Crippen LogP contribution in [0.3, 0.4) is 0 Å². The first-order valence-corrected chi connectivity index (χ1v) is 13.6. The van der Waals surface area contributed by atoms with Crippen molar-refractivity contribution in [3.63, 3.8) is 0 Å². The van der Waals surface area contributed by atoms with Crippen LogP contribution in [0.25, 0.3) is 0 Å². The van der Waals surface area contributed by atoms with Gasteiger partial charge in [-0.2, -0.15) is 0 Å². The van der Waals surface area contributed by atoms with Gasteiger partial charge in [0.15, 0.2) is 0 Å². The molecule has 1 aromatic heterocycles. The normalized spacial score (nSPS) is 17.4. The molecule has 1 fully saturated rings. The summed E-state index contributed by atoms with van der Waals surface area (Å²) < 4.78 is 5.85. The molecule has 9 heteroatoms. The fraction of sp³-hybridized carbons (Fsp3) is 0.355. The summed E-state index contributed by atoms with van der Waals surface area (Å²) in [6.07, 6.45) is 6.99. The predicted octanol–water partition coefficient (Wildman–Crippen LogP) is 3.72. The molecule has 0 saturated heterocycles. The van der Waals surface area contributed by atoms with Crippen LogP contribution in [0.4, 0.5) is 5.69 Å². The summed E-state index contributed by atoms with van der Waals surface area (Å²) in [5, 5.41) is 14.8. The number of amides is 2. The molecule has 0 unspecified atom stereocenters. The van der Waals surface area contributed by atoms with Crippen molar-refractivity contribution in [2.45, 2.75) is 51.2 Å². The number of nitrogens with two attached hydrogens (primary N) is 1. The van der Waals surface area contributed by atoms with E-state index in [1.807, 2.05) is 36.4 Å². The second-order valence-electron chi connectivity index (χ2n) is 10.3. The van der Waals surface area contributed by atoms with Gasteiger partial charge in [-0.1, -0.05) is 24.3 Å². The molecule has 0 bridgehead atoms. The minimum absolute atomic E-state index is 0.0957. The molecular formula is C31H36N4O5. The van der Waals surface area contributed by atoms with E-state index in [1.165, 1.54) is 0 Å². The number of benzene rings is 2. The van der Waals surface area contributed by atoms with Gasteiger partial charge >= 0.3 is 5.97 Å². The molecule has 2 amide bonds. The van der Waals surface area contributed by atoms with Crippen LogP contribution in [0.2, 0.25) is 0 Å². The van der Waals surface area contributed by atoms with Gasteiger partial charge in [0.1, 0.15) is 18.4 Å². The number of carboxylic acid groups (broad SMARTS) is 1. The molecular weight excluding hydrogens is 508 g/mol. The lowest BCUT2D eigenvalue weighted by Gasteiger charge is -2.28. The number of anilines is 1. The van der Waals surface area contributed by atoms with Gasteiger partial charge in [0, 0.05) is 30.4 Å². The van der Waals surface area contributed by atoms with Gasteiger partial charge in [-0.15, -0.1) is 0 Å². The molecule has 0 spiro atoms. The third kappa shape index (κ3) is 8.64. The maximum atomic E-state index is 13.4. The van der Waals surface area contributed by atoms with Gasteiger partial charge in [0.2, 0.25) is 11.8 Å². The Hall–Kier alpha value is -4.24. The number of ether oxygens (including phenoxy) is 1. The summed E-state index contributed by atoms with van der Waals surface area (Å²) in [6.45, 7) is 1.05. The summed E-state index contributed by atoms with van der Waals surface area (Å²) in [4.78, 5) is 41.5. The van der Waals surface area contributed by atoms with Crippen molar-refractivity contribution < 1.29 is 24.2 Å². The molecule has 1 saturated carbocycles. The van der Waals surface area contributed by atoms with E-state index in [2.05, 4.69) is 15.6 Å².